The van der Waals surface area contributed by atoms with Crippen LogP contribution >= 0.6 is 0 Å². The van der Waals surface area contributed by atoms with Gasteiger partial charge in [-0.2, -0.15) is 0 Å². The Morgan fingerprint density at radius 1 is 0.419 bits per heavy atom. The number of unbranched alkanes of at least 4 members (excludes halogenated alkanes) is 17. The molecule has 1 rings (SSSR count). The lowest BCUT2D eigenvalue weighted by Crippen LogP contribution is -2.43. The van der Waals surface area contributed by atoms with E-state index in [1.165, 1.54) is 143 Å². The van der Waals surface area contributed by atoms with E-state index in [1.807, 2.05) is 0 Å². The highest BCUT2D eigenvalue weighted by Gasteiger charge is 2.59. The Balaban J connectivity index is 2.74. The lowest BCUT2D eigenvalue weighted by molar-refractivity contribution is -0.181. The molecule has 0 aliphatic heterocycles. The van der Waals surface area contributed by atoms with E-state index >= 15 is 0 Å². The van der Waals surface area contributed by atoms with E-state index in [1.54, 1.807) is 0 Å². The van der Waals surface area contributed by atoms with E-state index in [9.17, 15) is 24.0 Å². The van der Waals surface area contributed by atoms with Crippen LogP contribution in [0, 0.1) is 11.8 Å². The zero-order valence-corrected chi connectivity index (χ0v) is 40.5. The molecule has 12 nitrogen and oxygen atoms in total. The molecule has 362 valence electrons. The first kappa shape index (κ1) is 57.3. The Hall–Kier alpha value is -2.73. The Morgan fingerprint density at radius 3 is 1.21 bits per heavy atom. The maximum Gasteiger partial charge on any atom is 0.306 e. The Morgan fingerprint density at radius 2 is 0.790 bits per heavy atom. The fourth-order valence-corrected chi connectivity index (χ4v) is 8.41. The summed E-state index contributed by atoms with van der Waals surface area (Å²) in [6.45, 7) is 14.4. The third kappa shape index (κ3) is 28.9. The van der Waals surface area contributed by atoms with Crippen molar-refractivity contribution >= 4 is 29.8 Å². The molecule has 62 heavy (non-hydrogen) atoms. The van der Waals surface area contributed by atoms with Gasteiger partial charge < -0.3 is 33.2 Å². The van der Waals surface area contributed by atoms with Gasteiger partial charge in [0.05, 0.1) is 13.2 Å². The summed E-state index contributed by atoms with van der Waals surface area (Å²) in [5.41, 5.74) is 0. The van der Waals surface area contributed by atoms with Crippen molar-refractivity contribution in [2.24, 2.45) is 11.8 Å². The van der Waals surface area contributed by atoms with Gasteiger partial charge in [-0.3, -0.25) is 24.0 Å². The van der Waals surface area contributed by atoms with Gasteiger partial charge in [-0.1, -0.05) is 175 Å². The van der Waals surface area contributed by atoms with Crippen LogP contribution in [0.3, 0.4) is 0 Å². The summed E-state index contributed by atoms with van der Waals surface area (Å²) >= 11 is 0. The molecule has 8 atom stereocenters. The lowest BCUT2D eigenvalue weighted by Gasteiger charge is -2.27. The molecule has 12 heteroatoms. The van der Waals surface area contributed by atoms with Crippen LogP contribution < -0.4 is 0 Å². The van der Waals surface area contributed by atoms with Crippen molar-refractivity contribution in [2.75, 3.05) is 19.8 Å². The van der Waals surface area contributed by atoms with Crippen LogP contribution in [0.15, 0.2) is 0 Å². The van der Waals surface area contributed by atoms with Crippen LogP contribution in [0.25, 0.3) is 0 Å². The Kier molecular flexibility index (Phi) is 33.8. The summed E-state index contributed by atoms with van der Waals surface area (Å²) in [4.78, 5) is 62.4. The minimum Gasteiger partial charge on any atom is -0.458 e. The van der Waals surface area contributed by atoms with Crippen LogP contribution in [0.4, 0.5) is 0 Å². The van der Waals surface area contributed by atoms with Gasteiger partial charge in [0.1, 0.15) is 12.2 Å². The molecule has 0 saturated heterocycles. The van der Waals surface area contributed by atoms with Crippen molar-refractivity contribution in [2.45, 2.75) is 259 Å². The van der Waals surface area contributed by atoms with E-state index in [0.717, 1.165) is 50.4 Å². The summed E-state index contributed by atoms with van der Waals surface area (Å²) in [7, 11) is 0. The second kappa shape index (κ2) is 36.6. The standard InChI is InChI=1S/C50H90O12/c1-9-11-13-24-30-38(3)32-26-20-16-15-19-23-29-35-56-36-44(58-40(5)51)37-57-46-47(59-41(6)52)49(60-42(7)53)50(61-43(8)54)48(46)62-45(55)34-28-22-18-17-21-27-33-39(4)31-25-14-12-10-2/h38-39,44,46-50H,9-37H2,1-8H3/t38?,39?,44-,46+,47+,48+,49-,50-/m0/s1. The number of hydrogen-bond acceptors (Lipinski definition) is 12. The normalized spacial score (nSPS) is 20.0. The first-order valence-electron chi connectivity index (χ1n) is 24.9. The summed E-state index contributed by atoms with van der Waals surface area (Å²) in [5.74, 6) is -1.66. The molecular weight excluding hydrogens is 793 g/mol. The first-order chi connectivity index (χ1) is 29.8. The third-order valence-corrected chi connectivity index (χ3v) is 11.8. The zero-order chi connectivity index (χ0) is 46.0. The minimum atomic E-state index is -1.32. The summed E-state index contributed by atoms with van der Waals surface area (Å²) in [6, 6.07) is 0. The number of carbonyl (C=O) groups excluding carboxylic acids is 5. The third-order valence-electron chi connectivity index (χ3n) is 11.8. The topological polar surface area (TPSA) is 150 Å². The van der Waals surface area contributed by atoms with Crippen molar-refractivity contribution in [1.82, 2.24) is 0 Å². The number of carbonyl (C=O) groups is 5. The van der Waals surface area contributed by atoms with Gasteiger partial charge in [0.15, 0.2) is 24.4 Å². The first-order valence-corrected chi connectivity index (χ1v) is 24.9. The fraction of sp³-hybridized carbons (Fsp3) is 0.900. The van der Waals surface area contributed by atoms with Crippen LogP contribution in [-0.2, 0) is 57.1 Å². The number of ether oxygens (including phenoxy) is 7. The molecule has 0 spiro atoms. The molecule has 0 bridgehead atoms. The smallest absolute Gasteiger partial charge is 0.306 e. The van der Waals surface area contributed by atoms with Crippen molar-refractivity contribution in [3.8, 4) is 0 Å². The van der Waals surface area contributed by atoms with Gasteiger partial charge in [-0.05, 0) is 24.7 Å². The highest BCUT2D eigenvalue weighted by Crippen LogP contribution is 2.35. The quantitative estimate of drug-likeness (QED) is 0.0328. The molecule has 1 aliphatic rings. The largest absolute Gasteiger partial charge is 0.458 e. The molecule has 0 heterocycles. The summed E-state index contributed by atoms with van der Waals surface area (Å²) < 4.78 is 40.3. The maximum atomic E-state index is 13.3. The lowest BCUT2D eigenvalue weighted by atomic mass is 9.96. The molecule has 0 aromatic heterocycles. The zero-order valence-electron chi connectivity index (χ0n) is 40.5. The monoisotopic (exact) mass is 883 g/mol. The Labute approximate surface area is 376 Å². The second-order valence-electron chi connectivity index (χ2n) is 18.1. The van der Waals surface area contributed by atoms with Gasteiger partial charge in [0.25, 0.3) is 0 Å². The average molecular weight is 883 g/mol. The molecule has 0 aromatic rings. The van der Waals surface area contributed by atoms with E-state index in [-0.39, 0.29) is 19.6 Å². The fourth-order valence-electron chi connectivity index (χ4n) is 8.41. The van der Waals surface area contributed by atoms with Gasteiger partial charge in [0.2, 0.25) is 0 Å². The molecule has 1 aliphatic carbocycles. The van der Waals surface area contributed by atoms with Gasteiger partial charge in [-0.15, -0.1) is 0 Å². The summed E-state index contributed by atoms with van der Waals surface area (Å²) in [6.07, 6.45) is 22.6. The molecule has 1 fully saturated rings. The molecule has 0 N–H and O–H groups in total. The van der Waals surface area contributed by atoms with Gasteiger partial charge in [0, 0.05) is 40.7 Å². The van der Waals surface area contributed by atoms with E-state index < -0.39 is 66.5 Å². The number of rotatable bonds is 39. The molecule has 2 unspecified atom stereocenters. The van der Waals surface area contributed by atoms with Gasteiger partial charge >= 0.3 is 29.8 Å². The van der Waals surface area contributed by atoms with E-state index in [0.29, 0.717) is 13.0 Å². The highest BCUT2D eigenvalue weighted by molar-refractivity contribution is 5.71. The Bertz CT molecular complexity index is 1190. The van der Waals surface area contributed by atoms with Crippen LogP contribution in [0.5, 0.6) is 0 Å². The maximum absolute atomic E-state index is 13.3. The van der Waals surface area contributed by atoms with Crippen LogP contribution in [0.1, 0.15) is 222 Å². The van der Waals surface area contributed by atoms with E-state index in [2.05, 4.69) is 27.7 Å². The molecular formula is C50H90O12. The molecule has 0 aromatic carbocycles. The highest BCUT2D eigenvalue weighted by atomic mass is 16.7. The molecule has 0 radical (unpaired) electrons. The van der Waals surface area contributed by atoms with Crippen molar-refractivity contribution in [1.29, 1.82) is 0 Å². The van der Waals surface area contributed by atoms with Crippen molar-refractivity contribution in [3.05, 3.63) is 0 Å². The van der Waals surface area contributed by atoms with E-state index in [4.69, 9.17) is 33.2 Å². The van der Waals surface area contributed by atoms with Crippen molar-refractivity contribution < 1.29 is 57.1 Å². The molecule has 1 saturated carbocycles. The summed E-state index contributed by atoms with van der Waals surface area (Å²) in [5, 5.41) is 0. The second-order valence-corrected chi connectivity index (χ2v) is 18.1. The van der Waals surface area contributed by atoms with Crippen LogP contribution in [-0.4, -0.2) is 86.3 Å². The molecule has 0 amide bonds. The SMILES string of the molecule is CCCCCCC(C)CCCCCCCCCOC[C@@H](CO[C@@H]1[C@@H](OC(C)=O)[C@H](OC(C)=O)[C@@H](OC(C)=O)[C@@H]1OC(=O)CCCCCCCCC(C)CCCCCC)OC(C)=O. The number of hydrogen-bond donors (Lipinski definition) is 0. The predicted molar refractivity (Wildman–Crippen MR) is 242 cm³/mol. The average Bonchev–Trinajstić information content (AvgIpc) is 3.44. The predicted octanol–water partition coefficient (Wildman–Crippen LogP) is 11.5. The number of esters is 5. The van der Waals surface area contributed by atoms with Crippen molar-refractivity contribution in [3.63, 3.8) is 0 Å². The van der Waals surface area contributed by atoms with Crippen LogP contribution in [0.2, 0.25) is 0 Å². The van der Waals surface area contributed by atoms with Gasteiger partial charge in [-0.25, -0.2) is 0 Å². The minimum absolute atomic E-state index is 0.0461.